The van der Waals surface area contributed by atoms with E-state index in [1.54, 1.807) is 42.8 Å². The molecule has 0 saturated heterocycles. The molecule has 5 rings (SSSR count). The van der Waals surface area contributed by atoms with E-state index < -0.39 is 11.9 Å². The molecule has 0 aliphatic heterocycles. The summed E-state index contributed by atoms with van der Waals surface area (Å²) >= 11 is 0. The van der Waals surface area contributed by atoms with Crippen LogP contribution >= 0.6 is 0 Å². The third-order valence-corrected chi connectivity index (χ3v) is 5.63. The number of carboxylic acid groups (broad SMARTS) is 1. The molecular formula is C27H19NO6. The molecule has 0 atom stereocenters. The zero-order valence-electron chi connectivity index (χ0n) is 17.9. The molecule has 0 aliphatic rings. The van der Waals surface area contributed by atoms with E-state index >= 15 is 0 Å². The first-order chi connectivity index (χ1) is 16.5. The minimum absolute atomic E-state index is 0.0207. The molecule has 34 heavy (non-hydrogen) atoms. The fraction of sp³-hybridized carbons (Fsp3) is 0.0741. The molecule has 0 aliphatic carbocycles. The Morgan fingerprint density at radius 3 is 2.47 bits per heavy atom. The largest absolute Gasteiger partial charge is 0.507 e. The minimum Gasteiger partial charge on any atom is -0.507 e. The van der Waals surface area contributed by atoms with Crippen LogP contribution < -0.4 is 0 Å². The van der Waals surface area contributed by atoms with Crippen molar-refractivity contribution in [3.05, 3.63) is 107 Å². The van der Waals surface area contributed by atoms with Crippen LogP contribution in [0.25, 0.3) is 21.9 Å². The van der Waals surface area contributed by atoms with Gasteiger partial charge in [0.2, 0.25) is 0 Å². The first-order valence-electron chi connectivity index (χ1n) is 10.5. The Balaban J connectivity index is 1.35. The van der Waals surface area contributed by atoms with Crippen molar-refractivity contribution in [3.63, 3.8) is 0 Å². The third kappa shape index (κ3) is 4.19. The zero-order chi connectivity index (χ0) is 23.7. The van der Waals surface area contributed by atoms with Gasteiger partial charge in [-0.15, -0.1) is 0 Å². The van der Waals surface area contributed by atoms with Crippen LogP contribution in [0.2, 0.25) is 0 Å². The Morgan fingerprint density at radius 1 is 0.912 bits per heavy atom. The van der Waals surface area contributed by atoms with Crippen LogP contribution in [0.1, 0.15) is 37.4 Å². The SMILES string of the molecule is O=C(O)c1ccc(Cc2cnc3ccc(C(=O)OCc4ccc5occc5c4)cc3c2O)cc1. The highest BCUT2D eigenvalue weighted by molar-refractivity contribution is 5.96. The minimum atomic E-state index is -0.997. The van der Waals surface area contributed by atoms with Crippen molar-refractivity contribution in [3.8, 4) is 5.75 Å². The summed E-state index contributed by atoms with van der Waals surface area (Å²) in [6, 6.07) is 18.7. The number of carbonyl (C=O) groups excluding carboxylic acids is 1. The van der Waals surface area contributed by atoms with E-state index in [0.717, 1.165) is 22.1 Å². The second-order valence-electron chi connectivity index (χ2n) is 7.91. The number of hydrogen-bond donors (Lipinski definition) is 2. The van der Waals surface area contributed by atoms with Crippen LogP contribution in [0.15, 0.2) is 83.6 Å². The van der Waals surface area contributed by atoms with Gasteiger partial charge in [-0.05, 0) is 59.7 Å². The molecular weight excluding hydrogens is 434 g/mol. The Hall–Kier alpha value is -4.65. The molecule has 2 aromatic heterocycles. The molecule has 7 heteroatoms. The lowest BCUT2D eigenvalue weighted by molar-refractivity contribution is 0.0472. The summed E-state index contributed by atoms with van der Waals surface area (Å²) in [5, 5.41) is 21.3. The second kappa shape index (κ2) is 8.71. The Bertz CT molecular complexity index is 1530. The van der Waals surface area contributed by atoms with Gasteiger partial charge in [0, 0.05) is 29.0 Å². The van der Waals surface area contributed by atoms with Gasteiger partial charge in [0.15, 0.2) is 0 Å². The van der Waals surface area contributed by atoms with E-state index in [4.69, 9.17) is 14.3 Å². The van der Waals surface area contributed by atoms with Crippen LogP contribution in [-0.4, -0.2) is 27.1 Å². The summed E-state index contributed by atoms with van der Waals surface area (Å²) in [4.78, 5) is 28.1. The van der Waals surface area contributed by atoms with Crippen LogP contribution in [0, 0.1) is 0 Å². The number of aromatic hydroxyl groups is 1. The Labute approximate surface area is 193 Å². The van der Waals surface area contributed by atoms with Gasteiger partial charge in [-0.2, -0.15) is 0 Å². The van der Waals surface area contributed by atoms with Crippen LogP contribution in [0.5, 0.6) is 5.75 Å². The third-order valence-electron chi connectivity index (χ3n) is 5.63. The van der Waals surface area contributed by atoms with E-state index in [1.165, 1.54) is 12.1 Å². The molecule has 2 heterocycles. The van der Waals surface area contributed by atoms with Gasteiger partial charge >= 0.3 is 11.9 Å². The number of ether oxygens (including phenoxy) is 1. The highest BCUT2D eigenvalue weighted by Crippen LogP contribution is 2.30. The van der Waals surface area contributed by atoms with Gasteiger partial charge < -0.3 is 19.4 Å². The molecule has 0 bridgehead atoms. The fourth-order valence-corrected chi connectivity index (χ4v) is 3.80. The lowest BCUT2D eigenvalue weighted by Crippen LogP contribution is -2.05. The normalized spacial score (nSPS) is 11.1. The summed E-state index contributed by atoms with van der Waals surface area (Å²) in [6.45, 7) is 0.106. The molecule has 0 amide bonds. The smallest absolute Gasteiger partial charge is 0.338 e. The quantitative estimate of drug-likeness (QED) is 0.334. The number of carboxylic acids is 1. The number of carbonyl (C=O) groups is 2. The van der Waals surface area contributed by atoms with E-state index in [9.17, 15) is 14.7 Å². The molecule has 0 unspecified atom stereocenters. The maximum absolute atomic E-state index is 12.7. The summed E-state index contributed by atoms with van der Waals surface area (Å²) in [5.41, 5.74) is 4.03. The molecule has 7 nitrogen and oxygen atoms in total. The second-order valence-corrected chi connectivity index (χ2v) is 7.91. The first kappa shape index (κ1) is 21.2. The van der Waals surface area contributed by atoms with Gasteiger partial charge in [0.25, 0.3) is 0 Å². The van der Waals surface area contributed by atoms with Gasteiger partial charge in [0.1, 0.15) is 17.9 Å². The maximum atomic E-state index is 12.7. The number of hydrogen-bond acceptors (Lipinski definition) is 6. The van der Waals surface area contributed by atoms with Gasteiger partial charge in [-0.1, -0.05) is 18.2 Å². The number of aromatic carboxylic acids is 1. The summed E-state index contributed by atoms with van der Waals surface area (Å²) in [7, 11) is 0. The van der Waals surface area contributed by atoms with Gasteiger partial charge in [0.05, 0.1) is 22.9 Å². The van der Waals surface area contributed by atoms with E-state index in [-0.39, 0.29) is 17.9 Å². The van der Waals surface area contributed by atoms with Crippen LogP contribution in [-0.2, 0) is 17.8 Å². The number of fused-ring (bicyclic) bond motifs is 2. The van der Waals surface area contributed by atoms with Crippen LogP contribution in [0.3, 0.4) is 0 Å². The number of nitrogens with zero attached hydrogens (tertiary/aromatic N) is 1. The lowest BCUT2D eigenvalue weighted by Gasteiger charge is -2.10. The number of rotatable bonds is 6. The fourth-order valence-electron chi connectivity index (χ4n) is 3.80. The Kier molecular flexibility index (Phi) is 5.43. The molecule has 0 spiro atoms. The first-order valence-corrected chi connectivity index (χ1v) is 10.5. The Morgan fingerprint density at radius 2 is 1.68 bits per heavy atom. The van der Waals surface area contributed by atoms with Crippen molar-refractivity contribution in [1.29, 1.82) is 0 Å². The highest BCUT2D eigenvalue weighted by Gasteiger charge is 2.14. The summed E-state index contributed by atoms with van der Waals surface area (Å²) < 4.78 is 10.8. The van der Waals surface area contributed by atoms with Crippen molar-refractivity contribution >= 4 is 33.8 Å². The summed E-state index contributed by atoms with van der Waals surface area (Å²) in [5.74, 6) is -1.49. The van der Waals surface area contributed by atoms with E-state index in [2.05, 4.69) is 4.98 Å². The van der Waals surface area contributed by atoms with Gasteiger partial charge in [-0.3, -0.25) is 4.98 Å². The molecule has 0 saturated carbocycles. The molecule has 2 N–H and O–H groups in total. The predicted octanol–water partition coefficient (Wildman–Crippen LogP) is 5.33. The lowest BCUT2D eigenvalue weighted by atomic mass is 10.0. The molecule has 0 radical (unpaired) electrons. The van der Waals surface area contributed by atoms with Crippen molar-refractivity contribution in [2.45, 2.75) is 13.0 Å². The van der Waals surface area contributed by atoms with Crippen molar-refractivity contribution < 1.29 is 29.0 Å². The number of esters is 1. The standard InChI is InChI=1S/C27H19NO6/c29-25-21(11-16-1-4-18(5-2-16)26(30)31)14-28-23-7-6-20(13-22(23)25)27(32)34-15-17-3-8-24-19(12-17)9-10-33-24/h1-10,12-14H,11,15H2,(H,28,29)(H,30,31). The highest BCUT2D eigenvalue weighted by atomic mass is 16.5. The summed E-state index contributed by atoms with van der Waals surface area (Å²) in [6.07, 6.45) is 3.54. The predicted molar refractivity (Wildman–Crippen MR) is 125 cm³/mol. The molecule has 0 fully saturated rings. The average Bonchev–Trinajstić information content (AvgIpc) is 3.32. The van der Waals surface area contributed by atoms with Crippen molar-refractivity contribution in [2.24, 2.45) is 0 Å². The topological polar surface area (TPSA) is 110 Å². The number of benzene rings is 3. The van der Waals surface area contributed by atoms with Crippen LogP contribution in [0.4, 0.5) is 0 Å². The van der Waals surface area contributed by atoms with E-state index in [0.29, 0.717) is 28.5 Å². The maximum Gasteiger partial charge on any atom is 0.338 e. The van der Waals surface area contributed by atoms with Crippen molar-refractivity contribution in [1.82, 2.24) is 4.98 Å². The molecule has 3 aromatic carbocycles. The number of aromatic nitrogens is 1. The van der Waals surface area contributed by atoms with Crippen molar-refractivity contribution in [2.75, 3.05) is 0 Å². The average molecular weight is 453 g/mol. The van der Waals surface area contributed by atoms with E-state index in [1.807, 2.05) is 24.3 Å². The zero-order valence-corrected chi connectivity index (χ0v) is 17.9. The molecule has 168 valence electrons. The van der Waals surface area contributed by atoms with Gasteiger partial charge in [-0.25, -0.2) is 9.59 Å². The monoisotopic (exact) mass is 453 g/mol. The molecule has 5 aromatic rings. The number of furan rings is 1. The number of pyridine rings is 1.